The van der Waals surface area contributed by atoms with Gasteiger partial charge in [-0.2, -0.15) is 5.10 Å². The minimum Gasteiger partial charge on any atom is -0.495 e. The summed E-state index contributed by atoms with van der Waals surface area (Å²) < 4.78 is 7.02. The van der Waals surface area contributed by atoms with E-state index in [2.05, 4.69) is 26.0 Å². The van der Waals surface area contributed by atoms with Gasteiger partial charge in [0.2, 0.25) is 5.79 Å². The molecule has 8 nitrogen and oxygen atoms in total. The van der Waals surface area contributed by atoms with Crippen molar-refractivity contribution >= 4 is 23.4 Å². The molecule has 0 amide bonds. The van der Waals surface area contributed by atoms with E-state index in [9.17, 15) is 0 Å². The number of hydrogen-bond donors (Lipinski definition) is 4. The van der Waals surface area contributed by atoms with Crippen LogP contribution in [0.25, 0.3) is 5.57 Å². The van der Waals surface area contributed by atoms with Gasteiger partial charge in [0.1, 0.15) is 11.6 Å². The van der Waals surface area contributed by atoms with Crippen molar-refractivity contribution in [2.75, 3.05) is 20.2 Å². The van der Waals surface area contributed by atoms with Crippen LogP contribution in [-0.4, -0.2) is 42.2 Å². The van der Waals surface area contributed by atoms with E-state index in [1.54, 1.807) is 30.1 Å². The van der Waals surface area contributed by atoms with Crippen LogP contribution in [0, 0.1) is 0 Å². The van der Waals surface area contributed by atoms with Crippen molar-refractivity contribution in [2.45, 2.75) is 24.7 Å². The highest BCUT2D eigenvalue weighted by Crippen LogP contribution is 2.31. The molecule has 1 saturated heterocycles. The number of benzene rings is 1. The molecule has 1 aromatic carbocycles. The third-order valence-electron chi connectivity index (χ3n) is 5.28. The number of allylic oxidation sites excluding steroid dienone is 1. The Labute approximate surface area is 175 Å². The van der Waals surface area contributed by atoms with E-state index in [1.807, 2.05) is 25.5 Å². The largest absolute Gasteiger partial charge is 0.495 e. The zero-order valence-electron chi connectivity index (χ0n) is 16.6. The Balaban J connectivity index is 1.68. The number of nitrogens with two attached hydrogens (primary N) is 1. The molecular formula is C20H26ClN7O. The second-order valence-electron chi connectivity index (χ2n) is 7.36. The molecule has 2 aliphatic rings. The van der Waals surface area contributed by atoms with Gasteiger partial charge in [0.05, 0.1) is 18.3 Å². The van der Waals surface area contributed by atoms with Crippen LogP contribution >= 0.6 is 11.6 Å². The van der Waals surface area contributed by atoms with Gasteiger partial charge in [-0.25, -0.2) is 4.99 Å². The molecule has 1 atom stereocenters. The van der Waals surface area contributed by atoms with Crippen LogP contribution in [0.1, 0.15) is 24.0 Å². The Morgan fingerprint density at radius 2 is 2.14 bits per heavy atom. The number of methoxy groups -OCH3 is 1. The van der Waals surface area contributed by atoms with E-state index < -0.39 is 5.79 Å². The smallest absolute Gasteiger partial charge is 0.210 e. The van der Waals surface area contributed by atoms with Crippen LogP contribution in [0.3, 0.4) is 0 Å². The lowest BCUT2D eigenvalue weighted by molar-refractivity contribution is 0.349. The summed E-state index contributed by atoms with van der Waals surface area (Å²) in [5.74, 6) is 0.296. The number of nitrogens with zero attached hydrogens (tertiary/aromatic N) is 3. The van der Waals surface area contributed by atoms with E-state index in [0.717, 1.165) is 48.5 Å². The minimum absolute atomic E-state index is 0.348. The SMILES string of the molecule is COc1ccc(C2(N)N=CC(c3cnn(C)c3)=C(NC3CCNCC3)N2)cc1Cl. The summed E-state index contributed by atoms with van der Waals surface area (Å²) >= 11 is 6.32. The predicted molar refractivity (Wildman–Crippen MR) is 115 cm³/mol. The monoisotopic (exact) mass is 415 g/mol. The van der Waals surface area contributed by atoms with Crippen LogP contribution < -0.4 is 26.4 Å². The molecule has 9 heteroatoms. The number of ether oxygens (including phenoxy) is 1. The van der Waals surface area contributed by atoms with Crippen LogP contribution in [0.2, 0.25) is 5.02 Å². The van der Waals surface area contributed by atoms with E-state index in [0.29, 0.717) is 16.8 Å². The van der Waals surface area contributed by atoms with Crippen molar-refractivity contribution in [3.63, 3.8) is 0 Å². The number of piperidine rings is 1. The summed E-state index contributed by atoms with van der Waals surface area (Å²) in [5, 5.41) is 15.2. The lowest BCUT2D eigenvalue weighted by Crippen LogP contribution is -2.54. The topological polar surface area (TPSA) is 102 Å². The zero-order valence-corrected chi connectivity index (χ0v) is 17.3. The van der Waals surface area contributed by atoms with Crippen molar-refractivity contribution in [2.24, 2.45) is 17.8 Å². The molecule has 1 fully saturated rings. The molecule has 0 spiro atoms. The third kappa shape index (κ3) is 4.10. The second kappa shape index (κ2) is 8.06. The number of hydrogen-bond acceptors (Lipinski definition) is 7. The van der Waals surface area contributed by atoms with Crippen molar-refractivity contribution < 1.29 is 4.74 Å². The number of nitrogens with one attached hydrogen (secondary N) is 3. The van der Waals surface area contributed by atoms with Gasteiger partial charge in [-0.15, -0.1) is 0 Å². The van der Waals surface area contributed by atoms with Gasteiger partial charge in [-0.1, -0.05) is 11.6 Å². The van der Waals surface area contributed by atoms with E-state index in [1.165, 1.54) is 0 Å². The maximum Gasteiger partial charge on any atom is 0.210 e. The van der Waals surface area contributed by atoms with Crippen molar-refractivity contribution in [1.82, 2.24) is 25.7 Å². The van der Waals surface area contributed by atoms with Gasteiger partial charge >= 0.3 is 0 Å². The Morgan fingerprint density at radius 3 is 2.79 bits per heavy atom. The quantitative estimate of drug-likeness (QED) is 0.591. The average Bonchev–Trinajstić information content (AvgIpc) is 3.15. The normalized spacial score (nSPS) is 22.5. The molecule has 4 rings (SSSR count). The average molecular weight is 416 g/mol. The number of halogens is 1. The van der Waals surface area contributed by atoms with Crippen LogP contribution in [0.4, 0.5) is 0 Å². The van der Waals surface area contributed by atoms with E-state index in [4.69, 9.17) is 22.1 Å². The van der Waals surface area contributed by atoms with Crippen LogP contribution in [0.5, 0.6) is 5.75 Å². The lowest BCUT2D eigenvalue weighted by atomic mass is 10.0. The maximum atomic E-state index is 6.67. The summed E-state index contributed by atoms with van der Waals surface area (Å²) in [4.78, 5) is 4.63. The molecule has 3 heterocycles. The van der Waals surface area contributed by atoms with E-state index in [-0.39, 0.29) is 0 Å². The first-order chi connectivity index (χ1) is 14.0. The summed E-state index contributed by atoms with van der Waals surface area (Å²) in [6.07, 6.45) is 7.65. The van der Waals surface area contributed by atoms with Gasteiger partial charge in [0.15, 0.2) is 0 Å². The van der Waals surface area contributed by atoms with Gasteiger partial charge in [0.25, 0.3) is 0 Å². The molecular weight excluding hydrogens is 390 g/mol. The Bertz CT molecular complexity index is 948. The first kappa shape index (κ1) is 19.8. The Morgan fingerprint density at radius 1 is 1.34 bits per heavy atom. The Kier molecular flexibility index (Phi) is 5.49. The highest BCUT2D eigenvalue weighted by molar-refractivity contribution is 6.32. The number of aromatic nitrogens is 2. The van der Waals surface area contributed by atoms with Crippen LogP contribution in [-0.2, 0) is 12.8 Å². The first-order valence-electron chi connectivity index (χ1n) is 9.65. The highest BCUT2D eigenvalue weighted by Gasteiger charge is 2.33. The number of aryl methyl sites for hydroxylation is 1. The summed E-state index contributed by atoms with van der Waals surface area (Å²) in [6.45, 7) is 1.98. The first-order valence-corrected chi connectivity index (χ1v) is 10.0. The summed E-state index contributed by atoms with van der Waals surface area (Å²) in [6, 6.07) is 5.79. The van der Waals surface area contributed by atoms with E-state index >= 15 is 0 Å². The lowest BCUT2D eigenvalue weighted by Gasteiger charge is -2.36. The molecule has 154 valence electrons. The molecule has 0 saturated carbocycles. The standard InChI is InChI=1S/C20H26ClN7O/c1-28-12-13(10-25-28)16-11-24-20(22,14-3-4-18(29-2)17(21)9-14)27-19(16)26-15-5-7-23-8-6-15/h3-4,9-12,15,23,26-27H,5-8,22H2,1-2H3. The molecule has 0 radical (unpaired) electrons. The maximum absolute atomic E-state index is 6.67. The molecule has 1 aromatic heterocycles. The summed E-state index contributed by atoms with van der Waals surface area (Å²) in [7, 11) is 3.48. The Hall–Kier alpha value is -2.55. The molecule has 0 bridgehead atoms. The molecule has 29 heavy (non-hydrogen) atoms. The van der Waals surface area contributed by atoms with Crippen molar-refractivity contribution in [1.29, 1.82) is 0 Å². The molecule has 1 unspecified atom stereocenters. The third-order valence-corrected chi connectivity index (χ3v) is 5.57. The second-order valence-corrected chi connectivity index (χ2v) is 7.77. The zero-order chi connectivity index (χ0) is 20.4. The van der Waals surface area contributed by atoms with Crippen molar-refractivity contribution in [3.8, 4) is 5.75 Å². The van der Waals surface area contributed by atoms with Crippen LogP contribution in [0.15, 0.2) is 41.4 Å². The predicted octanol–water partition coefficient (Wildman–Crippen LogP) is 1.54. The highest BCUT2D eigenvalue weighted by atomic mass is 35.5. The molecule has 2 aliphatic heterocycles. The number of aliphatic imine (C=N–C) groups is 1. The fourth-order valence-electron chi connectivity index (χ4n) is 3.63. The molecule has 0 aliphatic carbocycles. The molecule has 5 N–H and O–H groups in total. The van der Waals surface area contributed by atoms with Gasteiger partial charge in [-0.05, 0) is 44.1 Å². The molecule has 2 aromatic rings. The van der Waals surface area contributed by atoms with Gasteiger partial charge in [-0.3, -0.25) is 10.4 Å². The number of rotatable bonds is 5. The fraction of sp³-hybridized carbons (Fsp3) is 0.400. The van der Waals surface area contributed by atoms with Crippen molar-refractivity contribution in [3.05, 3.63) is 52.6 Å². The summed E-state index contributed by atoms with van der Waals surface area (Å²) in [5.41, 5.74) is 9.31. The van der Waals surface area contributed by atoms with Gasteiger partial charge < -0.3 is 20.7 Å². The minimum atomic E-state index is -1.14. The van der Waals surface area contributed by atoms with Gasteiger partial charge in [0, 0.05) is 42.2 Å². The fourth-order valence-corrected chi connectivity index (χ4v) is 3.89.